The van der Waals surface area contributed by atoms with E-state index in [2.05, 4.69) is 93.7 Å². The minimum absolute atomic E-state index is 0.0818. The molecule has 0 aromatic carbocycles. The van der Waals surface area contributed by atoms with Crippen molar-refractivity contribution in [2.75, 3.05) is 13.2 Å². The summed E-state index contributed by atoms with van der Waals surface area (Å²) in [6, 6.07) is 0. The zero-order chi connectivity index (χ0) is 52.9. The first-order chi connectivity index (χ1) is 36.0. The van der Waals surface area contributed by atoms with Gasteiger partial charge in [0.1, 0.15) is 13.2 Å². The topological polar surface area (TPSA) is 78.9 Å². The van der Waals surface area contributed by atoms with Gasteiger partial charge in [-0.3, -0.25) is 14.4 Å². The predicted octanol–water partition coefficient (Wildman–Crippen LogP) is 21.3. The number of hydrogen-bond donors (Lipinski definition) is 0. The summed E-state index contributed by atoms with van der Waals surface area (Å²) in [5.74, 6) is -0.888. The third-order valence-electron chi connectivity index (χ3n) is 13.7. The normalized spacial score (nSPS) is 12.5. The number of esters is 3. The highest BCUT2D eigenvalue weighted by Crippen LogP contribution is 2.17. The van der Waals surface area contributed by atoms with E-state index in [-0.39, 0.29) is 31.1 Å². The van der Waals surface area contributed by atoms with Crippen molar-refractivity contribution in [1.29, 1.82) is 0 Å². The average Bonchev–Trinajstić information content (AvgIpc) is 3.39. The molecule has 422 valence electrons. The molecule has 6 nitrogen and oxygen atoms in total. The Kier molecular flexibility index (Phi) is 58.7. The van der Waals surface area contributed by atoms with Crippen molar-refractivity contribution in [1.82, 2.24) is 0 Å². The van der Waals surface area contributed by atoms with Gasteiger partial charge in [-0.25, -0.2) is 0 Å². The van der Waals surface area contributed by atoms with E-state index in [4.69, 9.17) is 14.2 Å². The molecular formula is C67H118O6. The smallest absolute Gasteiger partial charge is 0.306 e. The SMILES string of the molecule is CC/C=C\C/C=C\C/C=C\C/C=C\CCCCCCCCCCC(=O)OCC(COC(=O)CCCCCCC/C=C\C/C=C\CCC)OC(=O)CCCCCCCCCCCCCCCCCCCCCCC. The van der Waals surface area contributed by atoms with Crippen molar-refractivity contribution >= 4 is 17.9 Å². The van der Waals surface area contributed by atoms with E-state index in [9.17, 15) is 14.4 Å². The fourth-order valence-corrected chi connectivity index (χ4v) is 9.00. The van der Waals surface area contributed by atoms with Crippen LogP contribution in [0.5, 0.6) is 0 Å². The Morgan fingerprint density at radius 3 is 0.890 bits per heavy atom. The van der Waals surface area contributed by atoms with Gasteiger partial charge in [-0.15, -0.1) is 0 Å². The summed E-state index contributed by atoms with van der Waals surface area (Å²) in [6.07, 6.45) is 79.0. The molecule has 1 atom stereocenters. The van der Waals surface area contributed by atoms with Gasteiger partial charge < -0.3 is 14.2 Å². The molecule has 0 bridgehead atoms. The molecule has 1 unspecified atom stereocenters. The van der Waals surface area contributed by atoms with Gasteiger partial charge in [-0.2, -0.15) is 0 Å². The van der Waals surface area contributed by atoms with Gasteiger partial charge in [0.25, 0.3) is 0 Å². The third kappa shape index (κ3) is 59.6. The zero-order valence-electron chi connectivity index (χ0n) is 48.4. The molecule has 73 heavy (non-hydrogen) atoms. The standard InChI is InChI=1S/C67H118O6/c1-4-7-10-13-16-19-22-25-27-29-31-33-35-37-39-42-45-48-51-54-57-60-66(69)72-63-64(62-71-65(68)59-56-53-50-47-44-41-24-21-18-15-12-9-6-3)73-67(70)61-58-55-52-49-46-43-40-38-36-34-32-30-28-26-23-20-17-14-11-8-5-2/h7,10,12,15-16,19,21,24-25,27,31,33,64H,4-6,8-9,11,13-14,17-18,20,22-23,26,28-30,32,34-63H2,1-3H3/b10-7-,15-12-,19-16-,24-21-,27-25-,33-31-. The van der Waals surface area contributed by atoms with Crippen LogP contribution in [0.15, 0.2) is 72.9 Å². The summed E-state index contributed by atoms with van der Waals surface area (Å²) in [7, 11) is 0. The number of unbranched alkanes of at least 4 members (excludes halogenated alkanes) is 34. The second kappa shape index (κ2) is 61.4. The monoisotopic (exact) mass is 1020 g/mol. The predicted molar refractivity (Wildman–Crippen MR) is 316 cm³/mol. The van der Waals surface area contributed by atoms with E-state index in [1.165, 1.54) is 161 Å². The number of hydrogen-bond acceptors (Lipinski definition) is 6. The molecule has 0 fully saturated rings. The molecule has 0 rings (SSSR count). The van der Waals surface area contributed by atoms with Crippen LogP contribution in [0.2, 0.25) is 0 Å². The Hall–Kier alpha value is -3.15. The largest absolute Gasteiger partial charge is 0.462 e. The fourth-order valence-electron chi connectivity index (χ4n) is 9.00. The average molecular weight is 1020 g/mol. The van der Waals surface area contributed by atoms with E-state index < -0.39 is 6.10 Å². The number of carbonyl (C=O) groups is 3. The summed E-state index contributed by atoms with van der Waals surface area (Å²) >= 11 is 0. The lowest BCUT2D eigenvalue weighted by Gasteiger charge is -2.18. The van der Waals surface area contributed by atoms with Crippen LogP contribution in [0.3, 0.4) is 0 Å². The number of allylic oxidation sites excluding steroid dienone is 12. The summed E-state index contributed by atoms with van der Waals surface area (Å²) < 4.78 is 16.9. The quantitative estimate of drug-likeness (QED) is 0.0261. The molecule has 0 saturated heterocycles. The lowest BCUT2D eigenvalue weighted by atomic mass is 10.0. The van der Waals surface area contributed by atoms with Crippen LogP contribution >= 0.6 is 0 Å². The van der Waals surface area contributed by atoms with Crippen LogP contribution in [0.25, 0.3) is 0 Å². The maximum Gasteiger partial charge on any atom is 0.306 e. The highest BCUT2D eigenvalue weighted by Gasteiger charge is 2.19. The van der Waals surface area contributed by atoms with Gasteiger partial charge in [-0.05, 0) is 83.5 Å². The highest BCUT2D eigenvalue weighted by atomic mass is 16.6. The number of carbonyl (C=O) groups excluding carboxylic acids is 3. The molecule has 0 radical (unpaired) electrons. The van der Waals surface area contributed by atoms with Crippen molar-refractivity contribution in [3.8, 4) is 0 Å². The maximum absolute atomic E-state index is 12.9. The molecule has 0 aromatic heterocycles. The lowest BCUT2D eigenvalue weighted by Crippen LogP contribution is -2.30. The minimum atomic E-state index is -0.784. The van der Waals surface area contributed by atoms with E-state index in [0.29, 0.717) is 19.3 Å². The zero-order valence-corrected chi connectivity index (χ0v) is 48.4. The van der Waals surface area contributed by atoms with Crippen LogP contribution in [-0.2, 0) is 28.6 Å². The van der Waals surface area contributed by atoms with E-state index in [0.717, 1.165) is 116 Å². The maximum atomic E-state index is 12.9. The van der Waals surface area contributed by atoms with Gasteiger partial charge in [0.15, 0.2) is 6.10 Å². The molecule has 0 amide bonds. The van der Waals surface area contributed by atoms with Crippen molar-refractivity contribution < 1.29 is 28.6 Å². The van der Waals surface area contributed by atoms with E-state index in [1.54, 1.807) is 0 Å². The summed E-state index contributed by atoms with van der Waals surface area (Å²) in [6.45, 7) is 6.49. The number of ether oxygens (including phenoxy) is 3. The summed E-state index contributed by atoms with van der Waals surface area (Å²) in [5.41, 5.74) is 0. The van der Waals surface area contributed by atoms with Gasteiger partial charge >= 0.3 is 17.9 Å². The Morgan fingerprint density at radius 1 is 0.288 bits per heavy atom. The van der Waals surface area contributed by atoms with Crippen LogP contribution in [-0.4, -0.2) is 37.2 Å². The van der Waals surface area contributed by atoms with Crippen molar-refractivity contribution in [2.45, 2.75) is 322 Å². The molecule has 0 spiro atoms. The van der Waals surface area contributed by atoms with Crippen LogP contribution in [0.1, 0.15) is 316 Å². The van der Waals surface area contributed by atoms with Crippen molar-refractivity contribution in [3.63, 3.8) is 0 Å². The van der Waals surface area contributed by atoms with Gasteiger partial charge in [0.05, 0.1) is 0 Å². The number of rotatable bonds is 57. The first kappa shape index (κ1) is 69.8. The lowest BCUT2D eigenvalue weighted by molar-refractivity contribution is -0.167. The fraction of sp³-hybridized carbons (Fsp3) is 0.776. The van der Waals surface area contributed by atoms with Crippen molar-refractivity contribution in [2.24, 2.45) is 0 Å². The first-order valence-electron chi connectivity index (χ1n) is 31.4. The molecule has 0 N–H and O–H groups in total. The molecule has 0 aliphatic carbocycles. The molecule has 6 heteroatoms. The summed E-state index contributed by atoms with van der Waals surface area (Å²) in [5, 5.41) is 0. The molecule has 0 saturated carbocycles. The Morgan fingerprint density at radius 2 is 0.562 bits per heavy atom. The Balaban J connectivity index is 4.33. The van der Waals surface area contributed by atoms with Crippen molar-refractivity contribution in [3.05, 3.63) is 72.9 Å². The molecule has 0 aliphatic heterocycles. The highest BCUT2D eigenvalue weighted by molar-refractivity contribution is 5.71. The molecule has 0 aliphatic rings. The van der Waals surface area contributed by atoms with E-state index >= 15 is 0 Å². The molecule has 0 aromatic rings. The minimum Gasteiger partial charge on any atom is -0.462 e. The first-order valence-corrected chi connectivity index (χ1v) is 31.4. The second-order valence-corrected chi connectivity index (χ2v) is 20.9. The summed E-state index contributed by atoms with van der Waals surface area (Å²) in [4.78, 5) is 38.3. The Labute approximate surface area is 453 Å². The third-order valence-corrected chi connectivity index (χ3v) is 13.7. The van der Waals surface area contributed by atoms with Gasteiger partial charge in [0.2, 0.25) is 0 Å². The second-order valence-electron chi connectivity index (χ2n) is 20.9. The van der Waals surface area contributed by atoms with Gasteiger partial charge in [0, 0.05) is 19.3 Å². The van der Waals surface area contributed by atoms with Crippen LogP contribution < -0.4 is 0 Å². The molecule has 0 heterocycles. The van der Waals surface area contributed by atoms with E-state index in [1.807, 2.05) is 0 Å². The molecular weight excluding hydrogens is 901 g/mol. The van der Waals surface area contributed by atoms with Crippen LogP contribution in [0.4, 0.5) is 0 Å². The van der Waals surface area contributed by atoms with Crippen LogP contribution in [0, 0.1) is 0 Å². The Bertz CT molecular complexity index is 1360. The van der Waals surface area contributed by atoms with Gasteiger partial charge in [-0.1, -0.05) is 286 Å².